The summed E-state index contributed by atoms with van der Waals surface area (Å²) in [7, 11) is 1.98. The number of nitrogens with two attached hydrogens (primary N) is 1. The van der Waals surface area contributed by atoms with Crippen LogP contribution in [0.4, 0.5) is 0 Å². The second kappa shape index (κ2) is 6.53. The zero-order valence-corrected chi connectivity index (χ0v) is 12.4. The molecular formula is C15H28N4. The summed E-state index contributed by atoms with van der Waals surface area (Å²) in [5.74, 6) is 0. The molecule has 1 heterocycles. The van der Waals surface area contributed by atoms with Crippen LogP contribution in [0.5, 0.6) is 0 Å². The monoisotopic (exact) mass is 264 g/mol. The highest BCUT2D eigenvalue weighted by atomic mass is 15.3. The van der Waals surface area contributed by atoms with Crippen molar-refractivity contribution in [2.45, 2.75) is 57.5 Å². The number of aromatic nitrogens is 2. The molecule has 1 aromatic heterocycles. The first-order valence-corrected chi connectivity index (χ1v) is 7.64. The fraction of sp³-hybridized carbons (Fsp3) is 0.800. The lowest BCUT2D eigenvalue weighted by Gasteiger charge is -2.42. The average Bonchev–Trinajstić information content (AvgIpc) is 2.69. The van der Waals surface area contributed by atoms with Crippen LogP contribution in [0, 0.1) is 0 Å². The SMILES string of the molecule is CCN(Cc1ccn(C)n1)C1(CN)CCCCCC1. The minimum Gasteiger partial charge on any atom is -0.329 e. The summed E-state index contributed by atoms with van der Waals surface area (Å²) in [5.41, 5.74) is 7.53. The first-order chi connectivity index (χ1) is 9.20. The van der Waals surface area contributed by atoms with Gasteiger partial charge in [-0.1, -0.05) is 32.6 Å². The highest BCUT2D eigenvalue weighted by Crippen LogP contribution is 2.32. The molecule has 19 heavy (non-hydrogen) atoms. The van der Waals surface area contributed by atoms with Gasteiger partial charge in [-0.3, -0.25) is 9.58 Å². The standard InChI is InChI=1S/C15H28N4/c1-3-19(12-14-8-11-18(2)17-14)15(13-16)9-6-4-5-7-10-15/h8,11H,3-7,9-10,12-13,16H2,1-2H3. The van der Waals surface area contributed by atoms with Crippen molar-refractivity contribution in [3.05, 3.63) is 18.0 Å². The van der Waals surface area contributed by atoms with Gasteiger partial charge in [-0.2, -0.15) is 5.10 Å². The Morgan fingerprint density at radius 3 is 2.47 bits per heavy atom. The van der Waals surface area contributed by atoms with Gasteiger partial charge in [0.15, 0.2) is 0 Å². The Hall–Kier alpha value is -0.870. The number of aryl methyl sites for hydroxylation is 1. The lowest BCUT2D eigenvalue weighted by molar-refractivity contribution is 0.0742. The highest BCUT2D eigenvalue weighted by Gasteiger charge is 2.35. The number of hydrogen-bond acceptors (Lipinski definition) is 3. The van der Waals surface area contributed by atoms with Gasteiger partial charge in [0.05, 0.1) is 5.69 Å². The molecule has 1 aliphatic carbocycles. The van der Waals surface area contributed by atoms with Crippen LogP contribution in [0.1, 0.15) is 51.1 Å². The summed E-state index contributed by atoms with van der Waals surface area (Å²) >= 11 is 0. The van der Waals surface area contributed by atoms with Crippen LogP contribution >= 0.6 is 0 Å². The molecule has 2 N–H and O–H groups in total. The van der Waals surface area contributed by atoms with Crippen LogP contribution in [-0.2, 0) is 13.6 Å². The third-order valence-corrected chi connectivity index (χ3v) is 4.59. The number of hydrogen-bond donors (Lipinski definition) is 1. The molecule has 0 atom stereocenters. The summed E-state index contributed by atoms with van der Waals surface area (Å²) < 4.78 is 1.88. The largest absolute Gasteiger partial charge is 0.329 e. The lowest BCUT2D eigenvalue weighted by Crippen LogP contribution is -2.53. The quantitative estimate of drug-likeness (QED) is 0.830. The van der Waals surface area contributed by atoms with Gasteiger partial charge in [-0.15, -0.1) is 0 Å². The molecule has 1 aliphatic rings. The Bertz CT molecular complexity index is 377. The van der Waals surface area contributed by atoms with Gasteiger partial charge in [0, 0.05) is 31.9 Å². The third kappa shape index (κ3) is 3.37. The van der Waals surface area contributed by atoms with Crippen molar-refractivity contribution in [3.8, 4) is 0 Å². The molecule has 4 heteroatoms. The molecular weight excluding hydrogens is 236 g/mol. The van der Waals surface area contributed by atoms with Gasteiger partial charge in [-0.25, -0.2) is 0 Å². The van der Waals surface area contributed by atoms with Crippen molar-refractivity contribution < 1.29 is 0 Å². The molecule has 0 amide bonds. The molecule has 0 radical (unpaired) electrons. The van der Waals surface area contributed by atoms with Crippen LogP contribution in [0.15, 0.2) is 12.3 Å². The van der Waals surface area contributed by atoms with Gasteiger partial charge < -0.3 is 5.73 Å². The van der Waals surface area contributed by atoms with E-state index >= 15 is 0 Å². The Morgan fingerprint density at radius 2 is 2.00 bits per heavy atom. The highest BCUT2D eigenvalue weighted by molar-refractivity contribution is 5.02. The Morgan fingerprint density at radius 1 is 1.32 bits per heavy atom. The van der Waals surface area contributed by atoms with E-state index < -0.39 is 0 Å². The van der Waals surface area contributed by atoms with Crippen molar-refractivity contribution in [2.75, 3.05) is 13.1 Å². The molecule has 0 aromatic carbocycles. The lowest BCUT2D eigenvalue weighted by atomic mass is 9.88. The Balaban J connectivity index is 2.12. The van der Waals surface area contributed by atoms with E-state index in [1.165, 1.54) is 38.5 Å². The zero-order valence-electron chi connectivity index (χ0n) is 12.4. The summed E-state index contributed by atoms with van der Waals surface area (Å²) in [6.45, 7) is 4.99. The maximum atomic E-state index is 6.18. The molecule has 108 valence electrons. The second-order valence-corrected chi connectivity index (χ2v) is 5.84. The summed E-state index contributed by atoms with van der Waals surface area (Å²) in [6.07, 6.45) is 9.86. The van der Waals surface area contributed by atoms with Crippen LogP contribution in [0.25, 0.3) is 0 Å². The van der Waals surface area contributed by atoms with Gasteiger partial charge in [0.25, 0.3) is 0 Å². The average molecular weight is 264 g/mol. The third-order valence-electron chi connectivity index (χ3n) is 4.59. The minimum atomic E-state index is 0.197. The second-order valence-electron chi connectivity index (χ2n) is 5.84. The summed E-state index contributed by atoms with van der Waals surface area (Å²) in [5, 5.41) is 4.52. The van der Waals surface area contributed by atoms with E-state index in [2.05, 4.69) is 23.0 Å². The van der Waals surface area contributed by atoms with E-state index in [1.807, 2.05) is 17.9 Å². The maximum absolute atomic E-state index is 6.18. The van der Waals surface area contributed by atoms with Crippen molar-refractivity contribution in [1.82, 2.24) is 14.7 Å². The summed E-state index contributed by atoms with van der Waals surface area (Å²) in [6, 6.07) is 2.11. The number of likely N-dealkylation sites (N-methyl/N-ethyl adjacent to an activating group) is 1. The van der Waals surface area contributed by atoms with Crippen LogP contribution in [0.3, 0.4) is 0 Å². The smallest absolute Gasteiger partial charge is 0.0764 e. The van der Waals surface area contributed by atoms with E-state index in [0.717, 1.165) is 25.3 Å². The van der Waals surface area contributed by atoms with Gasteiger partial charge >= 0.3 is 0 Å². The first-order valence-electron chi connectivity index (χ1n) is 7.64. The molecule has 1 fully saturated rings. The Labute approximate surface area is 117 Å². The van der Waals surface area contributed by atoms with Crippen molar-refractivity contribution in [1.29, 1.82) is 0 Å². The van der Waals surface area contributed by atoms with E-state index in [1.54, 1.807) is 0 Å². The topological polar surface area (TPSA) is 47.1 Å². The van der Waals surface area contributed by atoms with Crippen LogP contribution in [-0.4, -0.2) is 33.3 Å². The van der Waals surface area contributed by atoms with Crippen molar-refractivity contribution >= 4 is 0 Å². The molecule has 0 unspecified atom stereocenters. The van der Waals surface area contributed by atoms with E-state index in [-0.39, 0.29) is 5.54 Å². The van der Waals surface area contributed by atoms with Gasteiger partial charge in [0.1, 0.15) is 0 Å². The molecule has 0 saturated heterocycles. The summed E-state index contributed by atoms with van der Waals surface area (Å²) in [4.78, 5) is 2.56. The first kappa shape index (κ1) is 14.5. The fourth-order valence-corrected chi connectivity index (χ4v) is 3.39. The van der Waals surface area contributed by atoms with Crippen LogP contribution < -0.4 is 5.73 Å². The predicted octanol–water partition coefficient (Wildman–Crippen LogP) is 2.29. The molecule has 0 spiro atoms. The molecule has 0 aliphatic heterocycles. The van der Waals surface area contributed by atoms with Gasteiger partial charge in [0.2, 0.25) is 0 Å². The van der Waals surface area contributed by atoms with Gasteiger partial charge in [-0.05, 0) is 25.5 Å². The van der Waals surface area contributed by atoms with E-state index in [0.29, 0.717) is 0 Å². The molecule has 0 bridgehead atoms. The van der Waals surface area contributed by atoms with E-state index in [4.69, 9.17) is 5.73 Å². The molecule has 1 saturated carbocycles. The maximum Gasteiger partial charge on any atom is 0.0764 e. The minimum absolute atomic E-state index is 0.197. The number of rotatable bonds is 5. The number of nitrogens with zero attached hydrogens (tertiary/aromatic N) is 3. The van der Waals surface area contributed by atoms with Crippen molar-refractivity contribution in [3.63, 3.8) is 0 Å². The van der Waals surface area contributed by atoms with E-state index in [9.17, 15) is 0 Å². The van der Waals surface area contributed by atoms with Crippen LogP contribution in [0.2, 0.25) is 0 Å². The molecule has 4 nitrogen and oxygen atoms in total. The van der Waals surface area contributed by atoms with Crippen molar-refractivity contribution in [2.24, 2.45) is 12.8 Å². The predicted molar refractivity (Wildman–Crippen MR) is 78.8 cm³/mol. The Kier molecular flexibility index (Phi) is 4.99. The zero-order chi connectivity index (χ0) is 13.7. The fourth-order valence-electron chi connectivity index (χ4n) is 3.39. The molecule has 1 aromatic rings. The normalized spacial score (nSPS) is 19.6. The molecule has 2 rings (SSSR count).